The molecule has 0 amide bonds. The Bertz CT molecular complexity index is 213. The van der Waals surface area contributed by atoms with Gasteiger partial charge in [0.05, 0.1) is 0 Å². The van der Waals surface area contributed by atoms with E-state index < -0.39 is 0 Å². The molecule has 20 heavy (non-hydrogen) atoms. The van der Waals surface area contributed by atoms with E-state index in [0.29, 0.717) is 0 Å². The molecular formula is C18H34BK. The molecule has 0 unspecified atom stereocenters. The van der Waals surface area contributed by atoms with Gasteiger partial charge >= 0.3 is 51.4 Å². The summed E-state index contributed by atoms with van der Waals surface area (Å²) in [5, 5.41) is 0. The molecular weight excluding hydrogens is 266 g/mol. The van der Waals surface area contributed by atoms with Crippen molar-refractivity contribution >= 4 is 6.71 Å². The van der Waals surface area contributed by atoms with Gasteiger partial charge in [-0.25, -0.2) is 0 Å². The number of hydrogen-bond acceptors (Lipinski definition) is 0. The first-order valence-corrected chi connectivity index (χ1v) is 9.45. The average Bonchev–Trinajstić information content (AvgIpc) is 2.51. The molecule has 0 heterocycles. The summed E-state index contributed by atoms with van der Waals surface area (Å²) in [5.74, 6) is 3.37. The van der Waals surface area contributed by atoms with Crippen molar-refractivity contribution in [2.45, 2.75) is 114 Å². The summed E-state index contributed by atoms with van der Waals surface area (Å²) >= 11 is 0. The van der Waals surface area contributed by atoms with Crippen LogP contribution in [0.1, 0.15) is 97.7 Å². The van der Waals surface area contributed by atoms with E-state index in [1.807, 2.05) is 0 Å². The van der Waals surface area contributed by atoms with Gasteiger partial charge in [0.2, 0.25) is 0 Å². The summed E-state index contributed by atoms with van der Waals surface area (Å²) in [6, 6.07) is 0. The van der Waals surface area contributed by atoms with Crippen LogP contribution in [0.15, 0.2) is 0 Å². The Labute approximate surface area is 171 Å². The standard InChI is InChI=1S/C18H33B.K.H/c1-4-10-16(11-5-1)19(17-12-6-2-7-13-17)18-14-8-3-9-15-18;;/h16-18H,1-15H2;;/q;+1;-1. The van der Waals surface area contributed by atoms with Gasteiger partial charge in [0.1, 0.15) is 6.71 Å². The van der Waals surface area contributed by atoms with Crippen LogP contribution in [0.2, 0.25) is 17.5 Å². The molecule has 0 spiro atoms. The molecule has 0 aliphatic heterocycles. The quantitative estimate of drug-likeness (QED) is 0.699. The largest absolute Gasteiger partial charge is 1.00 e. The molecule has 3 fully saturated rings. The van der Waals surface area contributed by atoms with Gasteiger partial charge in [-0.1, -0.05) is 114 Å². The molecule has 0 N–H and O–H groups in total. The summed E-state index contributed by atoms with van der Waals surface area (Å²) in [6.07, 6.45) is 23.3. The SMILES string of the molecule is C1CCC(B(C2CCCCC2)C2CCCCC2)CC1.[H-].[K+]. The Morgan fingerprint density at radius 2 is 0.700 bits per heavy atom. The maximum absolute atomic E-state index is 1.58. The second-order valence-electron chi connectivity index (χ2n) is 7.77. The van der Waals surface area contributed by atoms with Gasteiger partial charge in [-0.3, -0.25) is 0 Å². The van der Waals surface area contributed by atoms with Crippen molar-refractivity contribution in [2.75, 3.05) is 0 Å². The minimum atomic E-state index is 0. The van der Waals surface area contributed by atoms with Crippen LogP contribution in [-0.2, 0) is 0 Å². The van der Waals surface area contributed by atoms with Crippen LogP contribution in [0.4, 0.5) is 0 Å². The molecule has 0 aromatic rings. The van der Waals surface area contributed by atoms with Gasteiger partial charge in [-0.15, -0.1) is 0 Å². The Morgan fingerprint density at radius 3 is 0.950 bits per heavy atom. The van der Waals surface area contributed by atoms with Crippen LogP contribution >= 0.6 is 0 Å². The first kappa shape index (κ1) is 18.0. The minimum Gasteiger partial charge on any atom is -1.00 e. The molecule has 2 heteroatoms. The Hall–Kier alpha value is 1.70. The third-order valence-corrected chi connectivity index (χ3v) is 6.58. The second-order valence-corrected chi connectivity index (χ2v) is 7.77. The molecule has 0 aromatic carbocycles. The van der Waals surface area contributed by atoms with Crippen LogP contribution in [0.25, 0.3) is 0 Å². The van der Waals surface area contributed by atoms with Crippen molar-refractivity contribution in [3.8, 4) is 0 Å². The van der Waals surface area contributed by atoms with E-state index in [9.17, 15) is 0 Å². The van der Waals surface area contributed by atoms with Gasteiger partial charge in [0.15, 0.2) is 0 Å². The first-order chi connectivity index (χ1) is 9.45. The van der Waals surface area contributed by atoms with Gasteiger partial charge in [0.25, 0.3) is 0 Å². The van der Waals surface area contributed by atoms with Gasteiger partial charge in [-0.2, -0.15) is 0 Å². The topological polar surface area (TPSA) is 0 Å². The molecule has 0 atom stereocenters. The number of hydrogen-bond donors (Lipinski definition) is 0. The van der Waals surface area contributed by atoms with Crippen LogP contribution in [-0.4, -0.2) is 6.71 Å². The fourth-order valence-corrected chi connectivity index (χ4v) is 5.71. The normalized spacial score (nSPS) is 27.0. The third-order valence-electron chi connectivity index (χ3n) is 6.58. The Kier molecular flexibility index (Phi) is 8.80. The van der Waals surface area contributed by atoms with Crippen molar-refractivity contribution in [3.63, 3.8) is 0 Å². The zero-order valence-corrected chi connectivity index (χ0v) is 17.0. The van der Waals surface area contributed by atoms with Crippen LogP contribution < -0.4 is 51.4 Å². The van der Waals surface area contributed by atoms with Crippen molar-refractivity contribution < 1.29 is 52.8 Å². The summed E-state index contributed by atoms with van der Waals surface area (Å²) in [6.45, 7) is 1.14. The molecule has 0 radical (unpaired) electrons. The summed E-state index contributed by atoms with van der Waals surface area (Å²) in [7, 11) is 0. The van der Waals surface area contributed by atoms with Crippen molar-refractivity contribution in [1.82, 2.24) is 0 Å². The van der Waals surface area contributed by atoms with E-state index in [2.05, 4.69) is 0 Å². The van der Waals surface area contributed by atoms with E-state index in [0.717, 1.165) is 24.2 Å². The number of rotatable bonds is 3. The van der Waals surface area contributed by atoms with Crippen LogP contribution in [0, 0.1) is 0 Å². The van der Waals surface area contributed by atoms with Gasteiger partial charge in [-0.05, 0) is 0 Å². The predicted molar refractivity (Wildman–Crippen MR) is 87.4 cm³/mol. The Morgan fingerprint density at radius 1 is 0.450 bits per heavy atom. The van der Waals surface area contributed by atoms with Gasteiger partial charge in [0, 0.05) is 0 Å². The monoisotopic (exact) mass is 300 g/mol. The van der Waals surface area contributed by atoms with Crippen LogP contribution in [0.3, 0.4) is 0 Å². The molecule has 3 aliphatic carbocycles. The van der Waals surface area contributed by atoms with Crippen LogP contribution in [0.5, 0.6) is 0 Å². The molecule has 0 nitrogen and oxygen atoms in total. The summed E-state index contributed by atoms with van der Waals surface area (Å²) in [5.41, 5.74) is 0. The predicted octanol–water partition coefficient (Wildman–Crippen LogP) is 3.60. The maximum atomic E-state index is 1.58. The molecule has 0 saturated heterocycles. The Balaban J connectivity index is 0.00000110. The zero-order chi connectivity index (χ0) is 12.9. The van der Waals surface area contributed by atoms with E-state index in [4.69, 9.17) is 0 Å². The molecule has 3 aliphatic rings. The third kappa shape index (κ3) is 4.85. The summed E-state index contributed by atoms with van der Waals surface area (Å²) in [4.78, 5) is 0. The fraction of sp³-hybridized carbons (Fsp3) is 1.00. The van der Waals surface area contributed by atoms with E-state index in [-0.39, 0.29) is 52.8 Å². The molecule has 3 saturated carbocycles. The zero-order valence-electron chi connectivity index (χ0n) is 14.9. The first-order valence-electron chi connectivity index (χ1n) is 9.45. The smallest absolute Gasteiger partial charge is 1.00 e. The summed E-state index contributed by atoms with van der Waals surface area (Å²) < 4.78 is 0. The van der Waals surface area contributed by atoms with Crippen molar-refractivity contribution in [3.05, 3.63) is 0 Å². The molecule has 0 aromatic heterocycles. The maximum Gasteiger partial charge on any atom is 1.00 e. The van der Waals surface area contributed by atoms with Gasteiger partial charge < -0.3 is 1.43 Å². The van der Waals surface area contributed by atoms with Crippen molar-refractivity contribution in [1.29, 1.82) is 0 Å². The molecule has 110 valence electrons. The fourth-order valence-electron chi connectivity index (χ4n) is 5.71. The van der Waals surface area contributed by atoms with Crippen molar-refractivity contribution in [2.24, 2.45) is 0 Å². The molecule has 3 rings (SSSR count). The average molecular weight is 300 g/mol. The van der Waals surface area contributed by atoms with E-state index >= 15 is 0 Å². The minimum absolute atomic E-state index is 0. The molecule has 0 bridgehead atoms. The second kappa shape index (κ2) is 9.75. The van der Waals surface area contributed by atoms with E-state index in [1.165, 1.54) is 19.3 Å². The van der Waals surface area contributed by atoms with E-state index in [1.54, 1.807) is 77.0 Å².